The van der Waals surface area contributed by atoms with Gasteiger partial charge in [-0.3, -0.25) is 4.79 Å². The zero-order chi connectivity index (χ0) is 9.72. The van der Waals surface area contributed by atoms with Gasteiger partial charge in [0.2, 0.25) is 0 Å². The number of nitrogens with two attached hydrogens (primary N) is 1. The summed E-state index contributed by atoms with van der Waals surface area (Å²) in [5.74, 6) is 0.257. The van der Waals surface area contributed by atoms with E-state index in [0.29, 0.717) is 18.3 Å². The monoisotopic (exact) mass is 173 g/mol. The number of carboxylic acids is 1. The molecule has 0 aliphatic carbocycles. The summed E-state index contributed by atoms with van der Waals surface area (Å²) in [5, 5.41) is 8.51. The molecule has 0 fully saturated rings. The van der Waals surface area contributed by atoms with Gasteiger partial charge in [0.25, 0.3) is 0 Å². The lowest BCUT2D eigenvalue weighted by molar-refractivity contribution is -0.138. The van der Waals surface area contributed by atoms with E-state index in [0.717, 1.165) is 6.42 Å². The van der Waals surface area contributed by atoms with Gasteiger partial charge in [-0.1, -0.05) is 20.8 Å². The lowest BCUT2D eigenvalue weighted by Crippen LogP contribution is -2.30. The first-order chi connectivity index (χ1) is 5.45. The normalized spacial score (nSPS) is 16.1. The molecule has 0 saturated heterocycles. The van der Waals surface area contributed by atoms with Crippen LogP contribution in [0.25, 0.3) is 0 Å². The third-order valence-corrected chi connectivity index (χ3v) is 2.39. The predicted molar refractivity (Wildman–Crippen MR) is 48.8 cm³/mol. The molecule has 0 aromatic carbocycles. The van der Waals surface area contributed by atoms with Crippen molar-refractivity contribution in [1.29, 1.82) is 0 Å². The molecule has 0 rings (SSSR count). The van der Waals surface area contributed by atoms with Crippen LogP contribution >= 0.6 is 0 Å². The molecule has 0 radical (unpaired) electrons. The van der Waals surface area contributed by atoms with Crippen molar-refractivity contribution >= 4 is 5.97 Å². The fourth-order valence-electron chi connectivity index (χ4n) is 0.899. The van der Waals surface area contributed by atoms with Crippen LogP contribution in [-0.2, 0) is 4.79 Å². The third kappa shape index (κ3) is 4.34. The van der Waals surface area contributed by atoms with Crippen molar-refractivity contribution in [2.24, 2.45) is 17.6 Å². The van der Waals surface area contributed by atoms with Crippen molar-refractivity contribution in [2.45, 2.75) is 39.7 Å². The Morgan fingerprint density at radius 2 is 1.83 bits per heavy atom. The van der Waals surface area contributed by atoms with E-state index in [1.54, 1.807) is 0 Å². The Kier molecular flexibility index (Phi) is 4.90. The smallest absolute Gasteiger partial charge is 0.320 e. The molecular formula is C9H19NO2. The first-order valence-corrected chi connectivity index (χ1v) is 4.43. The van der Waals surface area contributed by atoms with Crippen LogP contribution in [0.4, 0.5) is 0 Å². The molecule has 0 saturated carbocycles. The lowest BCUT2D eigenvalue weighted by atomic mass is 9.92. The minimum absolute atomic E-state index is 0.551. The largest absolute Gasteiger partial charge is 0.480 e. The summed E-state index contributed by atoms with van der Waals surface area (Å²) in [4.78, 5) is 10.4. The van der Waals surface area contributed by atoms with Crippen LogP contribution in [-0.4, -0.2) is 17.1 Å². The maximum absolute atomic E-state index is 10.4. The number of hydrogen-bond donors (Lipinski definition) is 2. The molecule has 3 nitrogen and oxygen atoms in total. The van der Waals surface area contributed by atoms with Crippen molar-refractivity contribution in [3.8, 4) is 0 Å². The van der Waals surface area contributed by atoms with E-state index in [2.05, 4.69) is 20.8 Å². The number of rotatable bonds is 5. The Morgan fingerprint density at radius 3 is 2.17 bits per heavy atom. The van der Waals surface area contributed by atoms with E-state index in [4.69, 9.17) is 10.8 Å². The SMILES string of the molecule is CC(C)C(C)CC[C@H](N)C(=O)O. The van der Waals surface area contributed by atoms with Crippen LogP contribution in [0.15, 0.2) is 0 Å². The molecule has 0 heterocycles. The van der Waals surface area contributed by atoms with Gasteiger partial charge in [0, 0.05) is 0 Å². The van der Waals surface area contributed by atoms with Crippen molar-refractivity contribution in [3.05, 3.63) is 0 Å². The molecule has 72 valence electrons. The average molecular weight is 173 g/mol. The Balaban J connectivity index is 3.61. The van der Waals surface area contributed by atoms with Crippen LogP contribution in [0, 0.1) is 11.8 Å². The van der Waals surface area contributed by atoms with Crippen molar-refractivity contribution in [3.63, 3.8) is 0 Å². The summed E-state index contributed by atoms with van der Waals surface area (Å²) >= 11 is 0. The second-order valence-electron chi connectivity index (χ2n) is 3.74. The van der Waals surface area contributed by atoms with Gasteiger partial charge in [-0.05, 0) is 24.7 Å². The van der Waals surface area contributed by atoms with Crippen molar-refractivity contribution < 1.29 is 9.90 Å². The van der Waals surface area contributed by atoms with Gasteiger partial charge in [-0.15, -0.1) is 0 Å². The van der Waals surface area contributed by atoms with Gasteiger partial charge in [0.05, 0.1) is 0 Å². The highest BCUT2D eigenvalue weighted by molar-refractivity contribution is 5.72. The first-order valence-electron chi connectivity index (χ1n) is 4.43. The Morgan fingerprint density at radius 1 is 1.33 bits per heavy atom. The molecule has 12 heavy (non-hydrogen) atoms. The third-order valence-electron chi connectivity index (χ3n) is 2.39. The summed E-state index contributed by atoms with van der Waals surface area (Å²) in [6.45, 7) is 6.40. The fourth-order valence-corrected chi connectivity index (χ4v) is 0.899. The molecular weight excluding hydrogens is 154 g/mol. The minimum Gasteiger partial charge on any atom is -0.480 e. The highest BCUT2D eigenvalue weighted by Gasteiger charge is 2.14. The number of hydrogen-bond acceptors (Lipinski definition) is 2. The molecule has 0 aliphatic heterocycles. The molecule has 0 amide bonds. The van der Waals surface area contributed by atoms with Gasteiger partial charge >= 0.3 is 5.97 Å². The Hall–Kier alpha value is -0.570. The topological polar surface area (TPSA) is 63.3 Å². The van der Waals surface area contributed by atoms with Crippen LogP contribution in [0.2, 0.25) is 0 Å². The van der Waals surface area contributed by atoms with E-state index in [1.807, 2.05) is 0 Å². The Labute approximate surface area is 74.0 Å². The molecule has 1 unspecified atom stereocenters. The summed E-state index contributed by atoms with van der Waals surface area (Å²) in [5.41, 5.74) is 5.37. The standard InChI is InChI=1S/C9H19NO2/c1-6(2)7(3)4-5-8(10)9(11)12/h6-8H,4-5,10H2,1-3H3,(H,11,12)/t7?,8-/m0/s1. The van der Waals surface area contributed by atoms with E-state index < -0.39 is 12.0 Å². The van der Waals surface area contributed by atoms with Crippen molar-refractivity contribution in [2.75, 3.05) is 0 Å². The average Bonchev–Trinajstić information content (AvgIpc) is 1.98. The van der Waals surface area contributed by atoms with Crippen molar-refractivity contribution in [1.82, 2.24) is 0 Å². The maximum atomic E-state index is 10.4. The molecule has 0 spiro atoms. The quantitative estimate of drug-likeness (QED) is 0.661. The van der Waals surface area contributed by atoms with E-state index in [1.165, 1.54) is 0 Å². The van der Waals surface area contributed by atoms with Gasteiger partial charge < -0.3 is 10.8 Å². The molecule has 0 aromatic heterocycles. The number of carboxylic acid groups (broad SMARTS) is 1. The van der Waals surface area contributed by atoms with Crippen LogP contribution < -0.4 is 5.73 Å². The molecule has 2 atom stereocenters. The Bertz CT molecular complexity index is 145. The predicted octanol–water partition coefficient (Wildman–Crippen LogP) is 1.47. The summed E-state index contributed by atoms with van der Waals surface area (Å²) in [7, 11) is 0. The highest BCUT2D eigenvalue weighted by atomic mass is 16.4. The van der Waals surface area contributed by atoms with Crippen LogP contribution in [0.3, 0.4) is 0 Å². The van der Waals surface area contributed by atoms with E-state index in [-0.39, 0.29) is 0 Å². The summed E-state index contributed by atoms with van der Waals surface area (Å²) in [6, 6.07) is -0.689. The second kappa shape index (κ2) is 5.14. The van der Waals surface area contributed by atoms with Crippen LogP contribution in [0.5, 0.6) is 0 Å². The van der Waals surface area contributed by atoms with E-state index >= 15 is 0 Å². The molecule has 3 N–H and O–H groups in total. The zero-order valence-electron chi connectivity index (χ0n) is 8.08. The van der Waals surface area contributed by atoms with Gasteiger partial charge in [-0.2, -0.15) is 0 Å². The molecule has 0 bridgehead atoms. The number of aliphatic carboxylic acids is 1. The zero-order valence-corrected chi connectivity index (χ0v) is 8.08. The first kappa shape index (κ1) is 11.4. The lowest BCUT2D eigenvalue weighted by Gasteiger charge is -2.16. The minimum atomic E-state index is -0.897. The van der Waals surface area contributed by atoms with Gasteiger partial charge in [0.15, 0.2) is 0 Å². The van der Waals surface area contributed by atoms with E-state index in [9.17, 15) is 4.79 Å². The van der Waals surface area contributed by atoms with Gasteiger partial charge in [-0.25, -0.2) is 0 Å². The maximum Gasteiger partial charge on any atom is 0.320 e. The molecule has 0 aliphatic rings. The highest BCUT2D eigenvalue weighted by Crippen LogP contribution is 2.16. The van der Waals surface area contributed by atoms with Gasteiger partial charge in [0.1, 0.15) is 6.04 Å². The summed E-state index contributed by atoms with van der Waals surface area (Å²) < 4.78 is 0. The molecule has 0 aromatic rings. The summed E-state index contributed by atoms with van der Waals surface area (Å²) in [6.07, 6.45) is 1.47. The van der Waals surface area contributed by atoms with Crippen LogP contribution in [0.1, 0.15) is 33.6 Å². The molecule has 3 heteroatoms. The number of carbonyl (C=O) groups is 1. The second-order valence-corrected chi connectivity index (χ2v) is 3.74. The fraction of sp³-hybridized carbons (Fsp3) is 0.889.